The van der Waals surface area contributed by atoms with Crippen molar-refractivity contribution in [1.29, 1.82) is 0 Å². The van der Waals surface area contributed by atoms with E-state index in [4.69, 9.17) is 5.11 Å². The SMILES string of the molecule is CCCN(CC(=O)O)S(=O)(=O)c1cc(C(=O)OC)ccc1C(=O)OC. The summed E-state index contributed by atoms with van der Waals surface area (Å²) in [7, 11) is -2.16. The zero-order valence-electron chi connectivity index (χ0n) is 14.0. The summed E-state index contributed by atoms with van der Waals surface area (Å²) in [5.74, 6) is -3.07. The largest absolute Gasteiger partial charge is 0.480 e. The van der Waals surface area contributed by atoms with Crippen molar-refractivity contribution in [3.8, 4) is 0 Å². The molecule has 0 amide bonds. The minimum absolute atomic E-state index is 0.0717. The molecule has 0 saturated heterocycles. The number of carboxylic acids is 1. The lowest BCUT2D eigenvalue weighted by atomic mass is 10.1. The number of rotatable bonds is 8. The fourth-order valence-corrected chi connectivity index (χ4v) is 3.77. The lowest BCUT2D eigenvalue weighted by molar-refractivity contribution is -0.137. The first kappa shape index (κ1) is 20.6. The van der Waals surface area contributed by atoms with Gasteiger partial charge >= 0.3 is 17.9 Å². The topological polar surface area (TPSA) is 127 Å². The van der Waals surface area contributed by atoms with Crippen LogP contribution in [0.25, 0.3) is 0 Å². The van der Waals surface area contributed by atoms with Crippen molar-refractivity contribution >= 4 is 27.9 Å². The predicted octanol–water partition coefficient (Wildman–Crippen LogP) is 0.745. The average molecular weight is 373 g/mol. The number of hydrogen-bond acceptors (Lipinski definition) is 7. The highest BCUT2D eigenvalue weighted by Gasteiger charge is 2.31. The second-order valence-corrected chi connectivity index (χ2v) is 6.83. The highest BCUT2D eigenvalue weighted by molar-refractivity contribution is 7.89. The van der Waals surface area contributed by atoms with Gasteiger partial charge in [-0.05, 0) is 24.6 Å². The molecule has 1 aromatic rings. The smallest absolute Gasteiger partial charge is 0.339 e. The van der Waals surface area contributed by atoms with Gasteiger partial charge in [0.15, 0.2) is 0 Å². The lowest BCUT2D eigenvalue weighted by Gasteiger charge is -2.21. The predicted molar refractivity (Wildman–Crippen MR) is 85.8 cm³/mol. The number of carboxylic acid groups (broad SMARTS) is 1. The Balaban J connectivity index is 3.59. The van der Waals surface area contributed by atoms with Gasteiger partial charge < -0.3 is 14.6 Å². The molecule has 0 aliphatic carbocycles. The van der Waals surface area contributed by atoms with Crippen molar-refractivity contribution in [2.45, 2.75) is 18.2 Å². The Bertz CT molecular complexity index is 772. The molecular formula is C15H19NO8S. The van der Waals surface area contributed by atoms with Crippen LogP contribution in [0.3, 0.4) is 0 Å². The Labute approximate surface area is 145 Å². The number of ether oxygens (including phenoxy) is 2. The van der Waals surface area contributed by atoms with Gasteiger partial charge in [0, 0.05) is 6.54 Å². The second kappa shape index (κ2) is 8.58. The molecule has 1 aromatic carbocycles. The molecule has 0 atom stereocenters. The standard InChI is InChI=1S/C15H19NO8S/c1-4-7-16(9-13(17)18)25(21,22)12-8-10(14(19)23-2)5-6-11(12)15(20)24-3/h5-6,8H,4,7,9H2,1-3H3,(H,17,18). The third-order valence-corrected chi connectivity index (χ3v) is 5.10. The molecule has 25 heavy (non-hydrogen) atoms. The molecule has 0 fully saturated rings. The molecule has 0 spiro atoms. The molecule has 0 saturated carbocycles. The zero-order valence-corrected chi connectivity index (χ0v) is 14.8. The summed E-state index contributed by atoms with van der Waals surface area (Å²) in [6.07, 6.45) is 0.358. The maximum absolute atomic E-state index is 12.9. The van der Waals surface area contributed by atoms with Gasteiger partial charge in [-0.25, -0.2) is 18.0 Å². The molecule has 0 unspecified atom stereocenters. The van der Waals surface area contributed by atoms with Crippen molar-refractivity contribution in [2.75, 3.05) is 27.3 Å². The van der Waals surface area contributed by atoms with Crippen molar-refractivity contribution in [1.82, 2.24) is 4.31 Å². The van der Waals surface area contributed by atoms with E-state index in [1.165, 1.54) is 6.07 Å². The lowest BCUT2D eigenvalue weighted by Crippen LogP contribution is -2.37. The Morgan fingerprint density at radius 1 is 1.12 bits per heavy atom. The molecule has 0 aliphatic rings. The molecule has 138 valence electrons. The highest BCUT2D eigenvalue weighted by Crippen LogP contribution is 2.23. The fraction of sp³-hybridized carbons (Fsp3) is 0.400. The van der Waals surface area contributed by atoms with E-state index in [-0.39, 0.29) is 17.7 Å². The zero-order chi connectivity index (χ0) is 19.2. The van der Waals surface area contributed by atoms with Crippen LogP contribution in [0.5, 0.6) is 0 Å². The van der Waals surface area contributed by atoms with Gasteiger partial charge in [-0.2, -0.15) is 4.31 Å². The Morgan fingerprint density at radius 2 is 1.72 bits per heavy atom. The van der Waals surface area contributed by atoms with E-state index in [9.17, 15) is 22.8 Å². The molecule has 0 heterocycles. The van der Waals surface area contributed by atoms with E-state index in [2.05, 4.69) is 9.47 Å². The van der Waals surface area contributed by atoms with Crippen LogP contribution in [0.15, 0.2) is 23.1 Å². The summed E-state index contributed by atoms with van der Waals surface area (Å²) in [6, 6.07) is 3.31. The van der Waals surface area contributed by atoms with Crippen molar-refractivity contribution in [2.24, 2.45) is 0 Å². The van der Waals surface area contributed by atoms with E-state index in [0.29, 0.717) is 6.42 Å². The summed E-state index contributed by atoms with van der Waals surface area (Å²) in [5, 5.41) is 8.95. The molecule has 0 bridgehead atoms. The van der Waals surface area contributed by atoms with E-state index in [1.807, 2.05) is 0 Å². The van der Waals surface area contributed by atoms with E-state index >= 15 is 0 Å². The van der Waals surface area contributed by atoms with Crippen LogP contribution in [0.4, 0.5) is 0 Å². The summed E-state index contributed by atoms with van der Waals surface area (Å²) in [5.41, 5.74) is -0.401. The Hall–Kier alpha value is -2.46. The minimum Gasteiger partial charge on any atom is -0.480 e. The van der Waals surface area contributed by atoms with Crippen LogP contribution in [-0.2, 0) is 24.3 Å². The quantitative estimate of drug-likeness (QED) is 0.661. The van der Waals surface area contributed by atoms with Gasteiger partial charge in [-0.3, -0.25) is 4.79 Å². The van der Waals surface area contributed by atoms with E-state index in [1.54, 1.807) is 6.92 Å². The molecule has 9 nitrogen and oxygen atoms in total. The monoisotopic (exact) mass is 373 g/mol. The third kappa shape index (κ3) is 4.77. The molecular weight excluding hydrogens is 354 g/mol. The number of nitrogens with zero attached hydrogens (tertiary/aromatic N) is 1. The summed E-state index contributed by atoms with van der Waals surface area (Å²) >= 11 is 0. The second-order valence-electron chi connectivity index (χ2n) is 4.93. The number of carbonyl (C=O) groups is 3. The van der Waals surface area contributed by atoms with Crippen molar-refractivity contribution < 1.29 is 37.4 Å². The number of benzene rings is 1. The van der Waals surface area contributed by atoms with Gasteiger partial charge in [0.05, 0.1) is 30.2 Å². The van der Waals surface area contributed by atoms with Gasteiger partial charge in [0.25, 0.3) is 0 Å². The summed E-state index contributed by atoms with van der Waals surface area (Å²) in [6.45, 7) is 0.827. The minimum atomic E-state index is -4.36. The number of methoxy groups -OCH3 is 2. The number of carbonyl (C=O) groups excluding carboxylic acids is 2. The molecule has 1 N–H and O–H groups in total. The Morgan fingerprint density at radius 3 is 2.20 bits per heavy atom. The van der Waals surface area contributed by atoms with Gasteiger partial charge in [-0.1, -0.05) is 6.92 Å². The van der Waals surface area contributed by atoms with Crippen LogP contribution in [0.2, 0.25) is 0 Å². The van der Waals surface area contributed by atoms with Crippen LogP contribution in [-0.4, -0.2) is 63.0 Å². The number of hydrogen-bond donors (Lipinski definition) is 1. The van der Waals surface area contributed by atoms with Crippen molar-refractivity contribution in [3.63, 3.8) is 0 Å². The highest BCUT2D eigenvalue weighted by atomic mass is 32.2. The molecule has 1 rings (SSSR count). The average Bonchev–Trinajstić information content (AvgIpc) is 2.59. The molecule has 10 heteroatoms. The third-order valence-electron chi connectivity index (χ3n) is 3.21. The molecule has 0 aliphatic heterocycles. The number of sulfonamides is 1. The van der Waals surface area contributed by atoms with E-state index in [0.717, 1.165) is 30.7 Å². The maximum atomic E-state index is 12.9. The van der Waals surface area contributed by atoms with Crippen LogP contribution < -0.4 is 0 Å². The van der Waals surface area contributed by atoms with Gasteiger partial charge in [0.1, 0.15) is 6.54 Å². The van der Waals surface area contributed by atoms with E-state index < -0.39 is 39.4 Å². The summed E-state index contributed by atoms with van der Waals surface area (Å²) < 4.78 is 35.6. The van der Waals surface area contributed by atoms with Crippen molar-refractivity contribution in [3.05, 3.63) is 29.3 Å². The fourth-order valence-electron chi connectivity index (χ4n) is 2.08. The molecule has 0 radical (unpaired) electrons. The summed E-state index contributed by atoms with van der Waals surface area (Å²) in [4.78, 5) is 34.0. The molecule has 0 aromatic heterocycles. The normalized spacial score (nSPS) is 11.2. The van der Waals surface area contributed by atoms with Crippen LogP contribution in [0, 0.1) is 0 Å². The van der Waals surface area contributed by atoms with Gasteiger partial charge in [-0.15, -0.1) is 0 Å². The maximum Gasteiger partial charge on any atom is 0.339 e. The van der Waals surface area contributed by atoms with Gasteiger partial charge in [0.2, 0.25) is 10.0 Å². The first-order chi connectivity index (χ1) is 11.7. The van der Waals surface area contributed by atoms with Crippen LogP contribution in [0.1, 0.15) is 34.1 Å². The number of aliphatic carboxylic acids is 1. The first-order valence-electron chi connectivity index (χ1n) is 7.21. The number of esters is 2. The van der Waals surface area contributed by atoms with Crippen LogP contribution >= 0.6 is 0 Å². The Kier molecular flexibility index (Phi) is 7.07. The first-order valence-corrected chi connectivity index (χ1v) is 8.65.